The summed E-state index contributed by atoms with van der Waals surface area (Å²) < 4.78 is 3.91. The zero-order valence-electron chi connectivity index (χ0n) is 11.4. The molecule has 0 aromatic carbocycles. The van der Waals surface area contributed by atoms with Crippen LogP contribution in [0, 0.1) is 0 Å². The van der Waals surface area contributed by atoms with E-state index in [9.17, 15) is 4.79 Å². The third-order valence-corrected chi connectivity index (χ3v) is 4.75. The smallest absolute Gasteiger partial charge is 0.350 e. The van der Waals surface area contributed by atoms with Crippen LogP contribution in [0.25, 0.3) is 5.65 Å². The number of aromatic nitrogens is 5. The number of nitrogens with zero attached hydrogens (tertiary/aromatic N) is 5. The molecule has 0 aliphatic rings. The highest BCUT2D eigenvalue weighted by atomic mass is 32.2. The zero-order valence-corrected chi connectivity index (χ0v) is 13.0. The van der Waals surface area contributed by atoms with Crippen molar-refractivity contribution in [2.75, 3.05) is 17.6 Å². The average Bonchev–Trinajstić information content (AvgIpc) is 3.06. The largest absolute Gasteiger partial charge is 0.360 e. The van der Waals surface area contributed by atoms with Crippen LogP contribution in [-0.2, 0) is 6.54 Å². The lowest BCUT2D eigenvalue weighted by Crippen LogP contribution is -2.21. The van der Waals surface area contributed by atoms with E-state index in [0.717, 1.165) is 21.8 Å². The quantitative estimate of drug-likeness (QED) is 0.694. The summed E-state index contributed by atoms with van der Waals surface area (Å²) in [4.78, 5) is 12.1. The van der Waals surface area contributed by atoms with Gasteiger partial charge in [-0.25, -0.2) is 9.48 Å². The Hall–Kier alpha value is -1.87. The van der Waals surface area contributed by atoms with Crippen LogP contribution in [0.5, 0.6) is 0 Å². The molecule has 1 N–H and O–H groups in total. The molecule has 0 unspecified atom stereocenters. The molecule has 0 radical (unpaired) electrons. The monoisotopic (exact) mass is 322 g/mol. The molecule has 0 fully saturated rings. The van der Waals surface area contributed by atoms with Crippen molar-refractivity contribution in [3.63, 3.8) is 0 Å². The summed E-state index contributed by atoms with van der Waals surface area (Å²) in [5.41, 5.74) is 0.551. The van der Waals surface area contributed by atoms with Gasteiger partial charge in [-0.15, -0.1) is 15.3 Å². The van der Waals surface area contributed by atoms with Crippen LogP contribution in [-0.4, -0.2) is 36.7 Å². The van der Waals surface area contributed by atoms with Gasteiger partial charge < -0.3 is 5.32 Å². The number of pyridine rings is 1. The minimum atomic E-state index is -0.114. The first-order valence-corrected chi connectivity index (χ1v) is 8.32. The predicted octanol–water partition coefficient (Wildman–Crippen LogP) is 1.57. The summed E-state index contributed by atoms with van der Waals surface area (Å²) in [6.45, 7) is 3.39. The summed E-state index contributed by atoms with van der Waals surface area (Å²) in [6.07, 6.45) is 1.72. The van der Waals surface area contributed by atoms with Gasteiger partial charge in [-0.1, -0.05) is 29.2 Å². The number of anilines is 1. The van der Waals surface area contributed by atoms with Gasteiger partial charge in [0.15, 0.2) is 9.99 Å². The minimum absolute atomic E-state index is 0.114. The van der Waals surface area contributed by atoms with Crippen LogP contribution >= 0.6 is 23.1 Å². The molecule has 0 saturated heterocycles. The van der Waals surface area contributed by atoms with E-state index in [1.807, 2.05) is 25.1 Å². The van der Waals surface area contributed by atoms with E-state index in [4.69, 9.17) is 0 Å². The lowest BCUT2D eigenvalue weighted by Gasteiger charge is -1.96. The van der Waals surface area contributed by atoms with Crippen LogP contribution in [0.3, 0.4) is 0 Å². The van der Waals surface area contributed by atoms with Crippen molar-refractivity contribution in [2.24, 2.45) is 0 Å². The van der Waals surface area contributed by atoms with Gasteiger partial charge in [-0.05, 0) is 19.1 Å². The summed E-state index contributed by atoms with van der Waals surface area (Å²) in [5, 5.41) is 16.4. The van der Waals surface area contributed by atoms with Gasteiger partial charge in [0, 0.05) is 18.5 Å². The van der Waals surface area contributed by atoms with Crippen LogP contribution < -0.4 is 11.0 Å². The van der Waals surface area contributed by atoms with Gasteiger partial charge in [0.1, 0.15) is 0 Å². The Bertz CT molecular complexity index is 792. The number of hydrogen-bond donors (Lipinski definition) is 1. The van der Waals surface area contributed by atoms with Crippen LogP contribution in [0.4, 0.5) is 5.13 Å². The Balaban J connectivity index is 1.63. The molecule has 0 aliphatic heterocycles. The fourth-order valence-electron chi connectivity index (χ4n) is 1.82. The summed E-state index contributed by atoms with van der Waals surface area (Å²) >= 11 is 3.09. The van der Waals surface area contributed by atoms with Crippen molar-refractivity contribution in [2.45, 2.75) is 17.8 Å². The van der Waals surface area contributed by atoms with E-state index in [1.54, 1.807) is 22.4 Å². The predicted molar refractivity (Wildman–Crippen MR) is 84.2 cm³/mol. The van der Waals surface area contributed by atoms with Gasteiger partial charge in [-0.3, -0.25) is 4.40 Å². The topological polar surface area (TPSA) is 77.1 Å². The minimum Gasteiger partial charge on any atom is -0.360 e. The first-order valence-electron chi connectivity index (χ1n) is 6.52. The molecular formula is C12H14N6OS2. The Kier molecular flexibility index (Phi) is 4.20. The van der Waals surface area contributed by atoms with Gasteiger partial charge in [0.25, 0.3) is 0 Å². The van der Waals surface area contributed by atoms with E-state index < -0.39 is 0 Å². The molecule has 0 saturated carbocycles. The molecule has 3 aromatic heterocycles. The summed E-state index contributed by atoms with van der Waals surface area (Å²) in [5.74, 6) is 0.727. The van der Waals surface area contributed by atoms with Gasteiger partial charge in [0.05, 0.1) is 6.54 Å². The molecule has 0 amide bonds. The van der Waals surface area contributed by atoms with Crippen molar-refractivity contribution in [3.8, 4) is 0 Å². The van der Waals surface area contributed by atoms with E-state index in [2.05, 4.69) is 20.6 Å². The zero-order chi connectivity index (χ0) is 14.7. The highest BCUT2D eigenvalue weighted by molar-refractivity contribution is 8.01. The van der Waals surface area contributed by atoms with Gasteiger partial charge >= 0.3 is 5.69 Å². The maximum Gasteiger partial charge on any atom is 0.350 e. The fourth-order valence-corrected chi connectivity index (χ4v) is 3.63. The molecule has 0 atom stereocenters. The molecule has 7 nitrogen and oxygen atoms in total. The Morgan fingerprint density at radius 1 is 1.38 bits per heavy atom. The first kappa shape index (κ1) is 14.1. The second-order valence-corrected chi connectivity index (χ2v) is 6.51. The van der Waals surface area contributed by atoms with E-state index in [-0.39, 0.29) is 5.69 Å². The maximum absolute atomic E-state index is 12.1. The van der Waals surface area contributed by atoms with Crippen LogP contribution in [0.1, 0.15) is 6.92 Å². The second kappa shape index (κ2) is 6.27. The molecule has 9 heteroatoms. The number of hydrogen-bond acceptors (Lipinski definition) is 7. The van der Waals surface area contributed by atoms with Gasteiger partial charge in [0.2, 0.25) is 5.13 Å². The van der Waals surface area contributed by atoms with Crippen molar-refractivity contribution in [3.05, 3.63) is 34.9 Å². The van der Waals surface area contributed by atoms with E-state index in [1.165, 1.54) is 16.0 Å². The number of aryl methyl sites for hydroxylation is 1. The molecule has 0 aliphatic carbocycles. The van der Waals surface area contributed by atoms with Crippen molar-refractivity contribution in [1.82, 2.24) is 24.4 Å². The number of thioether (sulfide) groups is 1. The molecule has 21 heavy (non-hydrogen) atoms. The number of fused-ring (bicyclic) bond motifs is 1. The van der Waals surface area contributed by atoms with Crippen LogP contribution in [0.15, 0.2) is 33.5 Å². The lowest BCUT2D eigenvalue weighted by molar-refractivity contribution is 0.639. The van der Waals surface area contributed by atoms with Crippen molar-refractivity contribution < 1.29 is 0 Å². The average molecular weight is 322 g/mol. The normalized spacial score (nSPS) is 11.1. The Labute approximate surface area is 129 Å². The van der Waals surface area contributed by atoms with E-state index in [0.29, 0.717) is 12.2 Å². The molecule has 3 aromatic rings. The van der Waals surface area contributed by atoms with E-state index >= 15 is 0 Å². The highest BCUT2D eigenvalue weighted by Gasteiger charge is 2.07. The Morgan fingerprint density at radius 3 is 3.10 bits per heavy atom. The summed E-state index contributed by atoms with van der Waals surface area (Å²) in [7, 11) is 0. The molecule has 0 spiro atoms. The molecule has 110 valence electrons. The summed E-state index contributed by atoms with van der Waals surface area (Å²) in [6, 6.07) is 5.50. The maximum atomic E-state index is 12.1. The fraction of sp³-hybridized carbons (Fsp3) is 0.333. The van der Waals surface area contributed by atoms with Gasteiger partial charge in [-0.2, -0.15) is 0 Å². The molecule has 0 bridgehead atoms. The SMILES string of the molecule is CCNc1nnc(SCCn2nc3ccccn3c2=O)s1. The number of rotatable bonds is 6. The van der Waals surface area contributed by atoms with Crippen molar-refractivity contribution >= 4 is 33.9 Å². The third kappa shape index (κ3) is 3.08. The second-order valence-electron chi connectivity index (χ2n) is 4.19. The Morgan fingerprint density at radius 2 is 2.29 bits per heavy atom. The third-order valence-electron chi connectivity index (χ3n) is 2.75. The van der Waals surface area contributed by atoms with Crippen molar-refractivity contribution in [1.29, 1.82) is 0 Å². The standard InChI is InChI=1S/C12H14N6OS2/c1-2-13-10-14-15-11(21-10)20-8-7-18-12(19)17-6-4-3-5-9(17)16-18/h3-6H,2,7-8H2,1H3,(H,13,14). The first-order chi connectivity index (χ1) is 10.3. The number of nitrogens with one attached hydrogen (secondary N) is 1. The highest BCUT2D eigenvalue weighted by Crippen LogP contribution is 2.25. The molecule has 3 rings (SSSR count). The molecule has 3 heterocycles. The van der Waals surface area contributed by atoms with Crippen LogP contribution in [0.2, 0.25) is 0 Å². The molecular weight excluding hydrogens is 308 g/mol. The lowest BCUT2D eigenvalue weighted by atomic mass is 10.5.